The number of anilines is 1. The molecule has 2 aromatic carbocycles. The Balaban J connectivity index is 2.09. The second kappa shape index (κ2) is 7.47. The summed E-state index contributed by atoms with van der Waals surface area (Å²) in [4.78, 5) is 11.8. The number of aryl methyl sites for hydroxylation is 1. The Morgan fingerprint density at radius 3 is 2.50 bits per heavy atom. The molecule has 0 radical (unpaired) electrons. The van der Waals surface area contributed by atoms with Crippen molar-refractivity contribution < 1.29 is 18.3 Å². The van der Waals surface area contributed by atoms with Gasteiger partial charge >= 0.3 is 5.97 Å². The summed E-state index contributed by atoms with van der Waals surface area (Å²) in [5.74, 6) is -1.15. The van der Waals surface area contributed by atoms with Gasteiger partial charge < -0.3 is 10.4 Å². The normalized spacial score (nSPS) is 17.2. The van der Waals surface area contributed by atoms with E-state index >= 15 is 0 Å². The third-order valence-corrected chi connectivity index (χ3v) is 6.35. The van der Waals surface area contributed by atoms with Crippen molar-refractivity contribution in [2.45, 2.75) is 30.7 Å². The first-order valence-electron chi connectivity index (χ1n) is 8.55. The number of carbonyl (C=O) groups is 1. The molecule has 0 unspecified atom stereocenters. The highest BCUT2D eigenvalue weighted by molar-refractivity contribution is 7.92. The molecule has 1 fully saturated rings. The van der Waals surface area contributed by atoms with Crippen molar-refractivity contribution in [3.05, 3.63) is 59.7 Å². The van der Waals surface area contributed by atoms with Crippen molar-refractivity contribution in [3.8, 4) is 0 Å². The third-order valence-electron chi connectivity index (χ3n) is 4.56. The lowest BCUT2D eigenvalue weighted by Crippen LogP contribution is -2.42. The molecule has 1 aliphatic heterocycles. The molecular weight excluding hydrogens is 352 g/mol. The highest BCUT2D eigenvalue weighted by atomic mass is 32.2. The number of rotatable bonds is 6. The second-order valence-electron chi connectivity index (χ2n) is 6.46. The molecular formula is C19H22N2O4S. The summed E-state index contributed by atoms with van der Waals surface area (Å²) in [6.45, 7) is 2.92. The van der Waals surface area contributed by atoms with Crippen molar-refractivity contribution >= 4 is 21.7 Å². The van der Waals surface area contributed by atoms with Gasteiger partial charge in [0.2, 0.25) is 0 Å². The Morgan fingerprint density at radius 2 is 1.88 bits per heavy atom. The maximum absolute atomic E-state index is 13.3. The fourth-order valence-corrected chi connectivity index (χ4v) is 4.68. The number of nitrogens with one attached hydrogen (secondary N) is 1. The first-order valence-corrected chi connectivity index (χ1v) is 9.99. The van der Waals surface area contributed by atoms with Gasteiger partial charge in [-0.05, 0) is 50.6 Å². The van der Waals surface area contributed by atoms with Crippen LogP contribution in [-0.4, -0.2) is 38.6 Å². The van der Waals surface area contributed by atoms with Crippen LogP contribution >= 0.6 is 0 Å². The van der Waals surface area contributed by atoms with Gasteiger partial charge in [-0.1, -0.05) is 29.8 Å². The molecule has 0 bridgehead atoms. The van der Waals surface area contributed by atoms with Crippen LogP contribution < -0.4 is 9.62 Å². The maximum atomic E-state index is 13.3. The lowest BCUT2D eigenvalue weighted by atomic mass is 10.1. The molecule has 0 aliphatic carbocycles. The first kappa shape index (κ1) is 18.4. The number of benzene rings is 2. The molecule has 7 heteroatoms. The van der Waals surface area contributed by atoms with Gasteiger partial charge in [-0.3, -0.25) is 4.31 Å². The van der Waals surface area contributed by atoms with Crippen LogP contribution in [0.3, 0.4) is 0 Å². The Hall–Kier alpha value is -2.38. The Morgan fingerprint density at radius 1 is 1.19 bits per heavy atom. The van der Waals surface area contributed by atoms with Crippen LogP contribution in [0, 0.1) is 6.92 Å². The van der Waals surface area contributed by atoms with Crippen molar-refractivity contribution in [1.29, 1.82) is 0 Å². The second-order valence-corrected chi connectivity index (χ2v) is 8.33. The molecule has 0 saturated carbocycles. The minimum Gasteiger partial charge on any atom is -0.478 e. The zero-order chi connectivity index (χ0) is 18.7. The predicted molar refractivity (Wildman–Crippen MR) is 100 cm³/mol. The van der Waals surface area contributed by atoms with E-state index in [0.717, 1.165) is 24.9 Å². The van der Waals surface area contributed by atoms with E-state index in [1.165, 1.54) is 10.4 Å². The van der Waals surface area contributed by atoms with Gasteiger partial charge in [0.15, 0.2) is 0 Å². The van der Waals surface area contributed by atoms with E-state index < -0.39 is 16.0 Å². The average molecular weight is 374 g/mol. The quantitative estimate of drug-likeness (QED) is 0.812. The van der Waals surface area contributed by atoms with Crippen molar-refractivity contribution in [2.75, 3.05) is 17.4 Å². The van der Waals surface area contributed by atoms with Gasteiger partial charge in [0, 0.05) is 12.6 Å². The molecule has 1 heterocycles. The summed E-state index contributed by atoms with van der Waals surface area (Å²) in [7, 11) is -3.88. The fraction of sp³-hybridized carbons (Fsp3) is 0.316. The number of carboxylic acids is 1. The smallest absolute Gasteiger partial charge is 0.337 e. The molecule has 1 aliphatic rings. The summed E-state index contributed by atoms with van der Waals surface area (Å²) in [5.41, 5.74) is 1.12. The Labute approximate surface area is 153 Å². The van der Waals surface area contributed by atoms with Crippen LogP contribution in [0.5, 0.6) is 0 Å². The van der Waals surface area contributed by atoms with Crippen LogP contribution in [0.1, 0.15) is 28.8 Å². The minimum atomic E-state index is -3.88. The van der Waals surface area contributed by atoms with Gasteiger partial charge in [0.1, 0.15) is 0 Å². The summed E-state index contributed by atoms with van der Waals surface area (Å²) in [5, 5.41) is 12.8. The Kier molecular flexibility index (Phi) is 5.29. The van der Waals surface area contributed by atoms with Gasteiger partial charge in [0.05, 0.1) is 16.1 Å². The first-order chi connectivity index (χ1) is 12.4. The number of sulfonamides is 1. The summed E-state index contributed by atoms with van der Waals surface area (Å²) in [6.07, 6.45) is 1.83. The fourth-order valence-electron chi connectivity index (χ4n) is 3.15. The number of hydrogen-bond acceptors (Lipinski definition) is 4. The molecule has 0 aromatic heterocycles. The van der Waals surface area contributed by atoms with E-state index in [1.54, 1.807) is 42.5 Å². The molecule has 1 atom stereocenters. The highest BCUT2D eigenvalue weighted by Gasteiger charge is 2.31. The standard InChI is InChI=1S/C19H22N2O4S/c1-14-8-10-16(11-9-14)26(24,25)21(13-15-5-4-12-20-15)18-7-3-2-6-17(18)19(22)23/h2-3,6-11,15,20H,4-5,12-13H2,1H3,(H,22,23)/t15-/m0/s1. The van der Waals surface area contributed by atoms with Gasteiger partial charge in [-0.15, -0.1) is 0 Å². The van der Waals surface area contributed by atoms with E-state index in [-0.39, 0.29) is 28.7 Å². The van der Waals surface area contributed by atoms with Crippen LogP contribution in [0.2, 0.25) is 0 Å². The van der Waals surface area contributed by atoms with Crippen LogP contribution in [0.4, 0.5) is 5.69 Å². The van der Waals surface area contributed by atoms with E-state index in [1.807, 2.05) is 6.92 Å². The zero-order valence-electron chi connectivity index (χ0n) is 14.6. The van der Waals surface area contributed by atoms with Crippen LogP contribution in [-0.2, 0) is 10.0 Å². The molecule has 1 saturated heterocycles. The van der Waals surface area contributed by atoms with E-state index in [4.69, 9.17) is 0 Å². The number of hydrogen-bond donors (Lipinski definition) is 2. The molecule has 0 spiro atoms. The molecule has 26 heavy (non-hydrogen) atoms. The topological polar surface area (TPSA) is 86.7 Å². The largest absolute Gasteiger partial charge is 0.478 e. The third kappa shape index (κ3) is 3.73. The van der Waals surface area contributed by atoms with Crippen LogP contribution in [0.25, 0.3) is 0 Å². The monoisotopic (exact) mass is 374 g/mol. The maximum Gasteiger partial charge on any atom is 0.337 e. The zero-order valence-corrected chi connectivity index (χ0v) is 15.4. The average Bonchev–Trinajstić information content (AvgIpc) is 3.13. The number of aromatic carboxylic acids is 1. The van der Waals surface area contributed by atoms with Crippen molar-refractivity contribution in [3.63, 3.8) is 0 Å². The van der Waals surface area contributed by atoms with Crippen LogP contribution in [0.15, 0.2) is 53.4 Å². The van der Waals surface area contributed by atoms with Crippen molar-refractivity contribution in [2.24, 2.45) is 0 Å². The SMILES string of the molecule is Cc1ccc(S(=O)(=O)N(C[C@@H]2CCCN2)c2ccccc2C(=O)O)cc1. The lowest BCUT2D eigenvalue weighted by Gasteiger charge is -2.28. The molecule has 0 amide bonds. The molecule has 3 rings (SSSR count). The van der Waals surface area contributed by atoms with Gasteiger partial charge in [-0.25, -0.2) is 13.2 Å². The number of carboxylic acid groups (broad SMARTS) is 1. The minimum absolute atomic E-state index is 0.00271. The van der Waals surface area contributed by atoms with E-state index in [9.17, 15) is 18.3 Å². The van der Waals surface area contributed by atoms with Crippen molar-refractivity contribution in [1.82, 2.24) is 5.32 Å². The molecule has 6 nitrogen and oxygen atoms in total. The number of nitrogens with zero attached hydrogens (tertiary/aromatic N) is 1. The molecule has 2 N–H and O–H groups in total. The molecule has 138 valence electrons. The summed E-state index contributed by atoms with van der Waals surface area (Å²) >= 11 is 0. The number of para-hydroxylation sites is 1. The Bertz CT molecular complexity index is 888. The summed E-state index contributed by atoms with van der Waals surface area (Å²) in [6, 6.07) is 12.8. The van der Waals surface area contributed by atoms with Gasteiger partial charge in [-0.2, -0.15) is 0 Å². The molecule has 2 aromatic rings. The van der Waals surface area contributed by atoms with Gasteiger partial charge in [0.25, 0.3) is 10.0 Å². The van der Waals surface area contributed by atoms with E-state index in [0.29, 0.717) is 0 Å². The van der Waals surface area contributed by atoms with E-state index in [2.05, 4.69) is 5.32 Å². The predicted octanol–water partition coefficient (Wildman–Crippen LogP) is 2.64. The summed E-state index contributed by atoms with van der Waals surface area (Å²) < 4.78 is 27.9. The lowest BCUT2D eigenvalue weighted by molar-refractivity contribution is 0.0697. The highest BCUT2D eigenvalue weighted by Crippen LogP contribution is 2.28.